The molecule has 3 rings (SSSR count). The van der Waals surface area contributed by atoms with Crippen LogP contribution >= 0.6 is 11.3 Å². The molecule has 6 nitrogen and oxygen atoms in total. The molecule has 2 N–H and O–H groups in total. The van der Waals surface area contributed by atoms with Crippen LogP contribution < -0.4 is 5.32 Å². The maximum absolute atomic E-state index is 12.4. The van der Waals surface area contributed by atoms with E-state index in [9.17, 15) is 14.7 Å². The third-order valence-electron chi connectivity index (χ3n) is 3.94. The van der Waals surface area contributed by atoms with Crippen molar-refractivity contribution < 1.29 is 14.7 Å². The minimum atomic E-state index is -0.121. The van der Waals surface area contributed by atoms with Crippen LogP contribution in [0.25, 0.3) is 0 Å². The first-order chi connectivity index (χ1) is 11.6. The minimum absolute atomic E-state index is 0.0763. The SMILES string of the molecule is O=C(NCc1cccs1)N1CCN(C(=O)c2cccc(O)c2)CC1. The first-order valence-corrected chi connectivity index (χ1v) is 8.65. The zero-order valence-corrected chi connectivity index (χ0v) is 14.0. The van der Waals surface area contributed by atoms with Crippen molar-refractivity contribution in [3.05, 3.63) is 52.2 Å². The number of benzene rings is 1. The number of hydrogen-bond donors (Lipinski definition) is 2. The average Bonchev–Trinajstić information content (AvgIpc) is 3.13. The van der Waals surface area contributed by atoms with E-state index in [2.05, 4.69) is 5.32 Å². The minimum Gasteiger partial charge on any atom is -0.508 e. The fraction of sp³-hybridized carbons (Fsp3) is 0.294. The lowest BCUT2D eigenvalue weighted by molar-refractivity contribution is 0.0664. The van der Waals surface area contributed by atoms with Gasteiger partial charge in [0.2, 0.25) is 0 Å². The molecule has 1 fully saturated rings. The second-order valence-corrected chi connectivity index (χ2v) is 6.60. The second-order valence-electron chi connectivity index (χ2n) is 5.57. The third-order valence-corrected chi connectivity index (χ3v) is 4.82. The molecule has 1 aliphatic heterocycles. The lowest BCUT2D eigenvalue weighted by Gasteiger charge is -2.34. The highest BCUT2D eigenvalue weighted by atomic mass is 32.1. The fourth-order valence-electron chi connectivity index (χ4n) is 2.62. The summed E-state index contributed by atoms with van der Waals surface area (Å²) >= 11 is 1.61. The Hall–Kier alpha value is -2.54. The standard InChI is InChI=1S/C17H19N3O3S/c21-14-4-1-3-13(11-14)16(22)19-6-8-20(9-7-19)17(23)18-12-15-5-2-10-24-15/h1-5,10-11,21H,6-9,12H2,(H,18,23). The summed E-state index contributed by atoms with van der Waals surface area (Å²) in [6.07, 6.45) is 0. The summed E-state index contributed by atoms with van der Waals surface area (Å²) in [6.45, 7) is 2.50. The highest BCUT2D eigenvalue weighted by molar-refractivity contribution is 7.09. The summed E-state index contributed by atoms with van der Waals surface area (Å²) in [5, 5.41) is 14.4. The van der Waals surface area contributed by atoms with Crippen molar-refractivity contribution in [1.82, 2.24) is 15.1 Å². The van der Waals surface area contributed by atoms with Crippen LogP contribution in [0.4, 0.5) is 4.79 Å². The van der Waals surface area contributed by atoms with Gasteiger partial charge in [0, 0.05) is 36.6 Å². The number of aromatic hydroxyl groups is 1. The molecule has 0 unspecified atom stereocenters. The van der Waals surface area contributed by atoms with Crippen LogP contribution in [0, 0.1) is 0 Å². The van der Waals surface area contributed by atoms with Crippen molar-refractivity contribution in [2.75, 3.05) is 26.2 Å². The number of piperazine rings is 1. The zero-order chi connectivity index (χ0) is 16.9. The number of carbonyl (C=O) groups excluding carboxylic acids is 2. The van der Waals surface area contributed by atoms with Crippen molar-refractivity contribution in [1.29, 1.82) is 0 Å². The topological polar surface area (TPSA) is 72.9 Å². The van der Waals surface area contributed by atoms with Crippen LogP contribution in [-0.4, -0.2) is 53.0 Å². The van der Waals surface area contributed by atoms with Gasteiger partial charge in [0.15, 0.2) is 0 Å². The van der Waals surface area contributed by atoms with Gasteiger partial charge in [-0.2, -0.15) is 0 Å². The molecule has 0 saturated carbocycles. The van der Waals surface area contributed by atoms with Gasteiger partial charge in [-0.05, 0) is 29.6 Å². The van der Waals surface area contributed by atoms with E-state index in [4.69, 9.17) is 0 Å². The molecule has 0 radical (unpaired) electrons. The molecule has 3 amide bonds. The molecule has 24 heavy (non-hydrogen) atoms. The smallest absolute Gasteiger partial charge is 0.317 e. The van der Waals surface area contributed by atoms with Crippen molar-refractivity contribution in [3.63, 3.8) is 0 Å². The molecule has 1 saturated heterocycles. The van der Waals surface area contributed by atoms with E-state index in [1.807, 2.05) is 17.5 Å². The van der Waals surface area contributed by atoms with Gasteiger partial charge in [0.1, 0.15) is 5.75 Å². The molecule has 126 valence electrons. The fourth-order valence-corrected chi connectivity index (χ4v) is 3.27. The number of nitrogens with one attached hydrogen (secondary N) is 1. The third kappa shape index (κ3) is 3.86. The summed E-state index contributed by atoms with van der Waals surface area (Å²) < 4.78 is 0. The highest BCUT2D eigenvalue weighted by Gasteiger charge is 2.24. The monoisotopic (exact) mass is 345 g/mol. The summed E-state index contributed by atoms with van der Waals surface area (Å²) in [5.74, 6) is -0.0445. The Morgan fingerprint density at radius 2 is 1.83 bits per heavy atom. The normalized spacial score (nSPS) is 14.5. The van der Waals surface area contributed by atoms with Crippen molar-refractivity contribution in [2.45, 2.75) is 6.54 Å². The van der Waals surface area contributed by atoms with Crippen molar-refractivity contribution >= 4 is 23.3 Å². The zero-order valence-electron chi connectivity index (χ0n) is 13.1. The maximum Gasteiger partial charge on any atom is 0.317 e. The van der Waals surface area contributed by atoms with E-state index in [0.29, 0.717) is 38.3 Å². The van der Waals surface area contributed by atoms with E-state index in [1.165, 1.54) is 12.1 Å². The van der Waals surface area contributed by atoms with E-state index >= 15 is 0 Å². The molecule has 1 aromatic carbocycles. The average molecular weight is 345 g/mol. The number of phenols is 1. The molecule has 2 heterocycles. The first-order valence-electron chi connectivity index (χ1n) is 7.77. The number of urea groups is 1. The lowest BCUT2D eigenvalue weighted by Crippen LogP contribution is -2.53. The Balaban J connectivity index is 1.50. The quantitative estimate of drug-likeness (QED) is 0.895. The van der Waals surface area contributed by atoms with Crippen LogP contribution in [0.5, 0.6) is 5.75 Å². The van der Waals surface area contributed by atoms with Gasteiger partial charge in [0.25, 0.3) is 5.91 Å². The van der Waals surface area contributed by atoms with Gasteiger partial charge < -0.3 is 20.2 Å². The van der Waals surface area contributed by atoms with Crippen LogP contribution in [0.3, 0.4) is 0 Å². The number of amides is 3. The summed E-state index contributed by atoms with van der Waals surface area (Å²) in [5.41, 5.74) is 0.464. The van der Waals surface area contributed by atoms with Gasteiger partial charge in [-0.25, -0.2) is 4.79 Å². The van der Waals surface area contributed by atoms with Crippen molar-refractivity contribution in [2.24, 2.45) is 0 Å². The lowest BCUT2D eigenvalue weighted by atomic mass is 10.1. The molecular formula is C17H19N3O3S. The molecule has 7 heteroatoms. The largest absolute Gasteiger partial charge is 0.508 e. The molecule has 0 spiro atoms. The van der Waals surface area contributed by atoms with Crippen molar-refractivity contribution in [3.8, 4) is 5.75 Å². The van der Waals surface area contributed by atoms with Gasteiger partial charge in [0.05, 0.1) is 6.54 Å². The number of rotatable bonds is 3. The molecule has 0 aliphatic carbocycles. The number of hydrogen-bond acceptors (Lipinski definition) is 4. The van der Waals surface area contributed by atoms with Gasteiger partial charge in [-0.15, -0.1) is 11.3 Å². The molecular weight excluding hydrogens is 326 g/mol. The first kappa shape index (κ1) is 16.3. The van der Waals surface area contributed by atoms with Crippen LogP contribution in [0.2, 0.25) is 0 Å². The second kappa shape index (κ2) is 7.35. The Labute approximate surface area is 144 Å². The van der Waals surface area contributed by atoms with Gasteiger partial charge >= 0.3 is 6.03 Å². The number of carbonyl (C=O) groups is 2. The predicted octanol–water partition coefficient (Wildman–Crippen LogP) is 2.12. The van der Waals surface area contributed by atoms with E-state index in [1.54, 1.807) is 33.3 Å². The number of thiophene rings is 1. The van der Waals surface area contributed by atoms with Crippen LogP contribution in [0.1, 0.15) is 15.2 Å². The van der Waals surface area contributed by atoms with E-state index in [-0.39, 0.29) is 17.7 Å². The molecule has 0 atom stereocenters. The Morgan fingerprint density at radius 1 is 1.08 bits per heavy atom. The highest BCUT2D eigenvalue weighted by Crippen LogP contribution is 2.14. The summed E-state index contributed by atoms with van der Waals surface area (Å²) in [6, 6.07) is 10.2. The van der Waals surface area contributed by atoms with Crippen LogP contribution in [0.15, 0.2) is 41.8 Å². The van der Waals surface area contributed by atoms with Gasteiger partial charge in [-0.3, -0.25) is 4.79 Å². The Morgan fingerprint density at radius 3 is 2.50 bits per heavy atom. The number of nitrogens with zero attached hydrogens (tertiary/aromatic N) is 2. The molecule has 0 bridgehead atoms. The van der Waals surface area contributed by atoms with Crippen LogP contribution in [-0.2, 0) is 6.54 Å². The number of phenolic OH excluding ortho intramolecular Hbond substituents is 1. The Bertz CT molecular complexity index is 710. The summed E-state index contributed by atoms with van der Waals surface area (Å²) in [7, 11) is 0. The van der Waals surface area contributed by atoms with E-state index in [0.717, 1.165) is 4.88 Å². The van der Waals surface area contributed by atoms with E-state index < -0.39 is 0 Å². The summed E-state index contributed by atoms with van der Waals surface area (Å²) in [4.78, 5) is 29.1. The maximum atomic E-state index is 12.4. The predicted molar refractivity (Wildman–Crippen MR) is 92.1 cm³/mol. The van der Waals surface area contributed by atoms with Gasteiger partial charge in [-0.1, -0.05) is 12.1 Å². The Kier molecular flexibility index (Phi) is 5.00. The molecule has 1 aliphatic rings. The molecule has 2 aromatic rings. The molecule has 1 aromatic heterocycles.